The van der Waals surface area contributed by atoms with Gasteiger partial charge in [0.2, 0.25) is 0 Å². The van der Waals surface area contributed by atoms with E-state index in [-0.39, 0.29) is 0 Å². The van der Waals surface area contributed by atoms with E-state index in [1.165, 1.54) is 64.7 Å². The normalized spacial score (nSPS) is 24.8. The maximum Gasteiger partial charge on any atom is 0.0107 e. The maximum absolute atomic E-state index is 3.73. The van der Waals surface area contributed by atoms with Crippen molar-refractivity contribution in [3.63, 3.8) is 0 Å². The molecule has 0 spiro atoms. The lowest BCUT2D eigenvalue weighted by Gasteiger charge is -2.38. The van der Waals surface area contributed by atoms with E-state index in [0.717, 1.165) is 12.0 Å². The van der Waals surface area contributed by atoms with Gasteiger partial charge in [-0.2, -0.15) is 0 Å². The quantitative estimate of drug-likeness (QED) is 0.826. The Balaban J connectivity index is 1.58. The first-order valence-corrected chi connectivity index (χ1v) is 8.01. The number of nitrogens with zero attached hydrogens (tertiary/aromatic N) is 1. The average Bonchev–Trinajstić information content (AvgIpc) is 2.82. The van der Waals surface area contributed by atoms with Gasteiger partial charge in [0, 0.05) is 19.1 Å². The summed E-state index contributed by atoms with van der Waals surface area (Å²) in [5.41, 5.74) is 0.508. The van der Waals surface area contributed by atoms with Crippen molar-refractivity contribution >= 4 is 0 Å². The largest absolute Gasteiger partial charge is 0.313 e. The van der Waals surface area contributed by atoms with E-state index in [9.17, 15) is 0 Å². The van der Waals surface area contributed by atoms with E-state index in [1.54, 1.807) is 0 Å². The Hall–Kier alpha value is -0.0800. The summed E-state index contributed by atoms with van der Waals surface area (Å²) in [7, 11) is 0. The van der Waals surface area contributed by atoms with Gasteiger partial charge in [-0.05, 0) is 50.1 Å². The summed E-state index contributed by atoms with van der Waals surface area (Å²) in [6.45, 7) is 12.3. The van der Waals surface area contributed by atoms with Gasteiger partial charge in [0.1, 0.15) is 0 Å². The zero-order valence-electron chi connectivity index (χ0n) is 12.7. The minimum Gasteiger partial charge on any atom is -0.313 e. The summed E-state index contributed by atoms with van der Waals surface area (Å²) in [4.78, 5) is 2.66. The van der Waals surface area contributed by atoms with Gasteiger partial charge in [0.05, 0.1) is 0 Å². The Kier molecular flexibility index (Phi) is 5.08. The highest BCUT2D eigenvalue weighted by Crippen LogP contribution is 2.34. The van der Waals surface area contributed by atoms with Crippen LogP contribution in [0.2, 0.25) is 0 Å². The number of likely N-dealkylation sites (tertiary alicyclic amines) is 1. The van der Waals surface area contributed by atoms with Crippen LogP contribution in [0.3, 0.4) is 0 Å². The first-order valence-electron chi connectivity index (χ1n) is 8.01. The molecule has 18 heavy (non-hydrogen) atoms. The van der Waals surface area contributed by atoms with Gasteiger partial charge in [0.15, 0.2) is 0 Å². The molecule has 2 rings (SSSR count). The minimum absolute atomic E-state index is 0.508. The molecule has 0 bridgehead atoms. The summed E-state index contributed by atoms with van der Waals surface area (Å²) in [5.74, 6) is 0.927. The third-order valence-electron chi connectivity index (χ3n) is 5.03. The SMILES string of the molecule is CC(C)(C)C1CCN(CCNC2CCCC2)CC1. The highest BCUT2D eigenvalue weighted by molar-refractivity contribution is 4.81. The van der Waals surface area contributed by atoms with Crippen LogP contribution in [-0.2, 0) is 0 Å². The fourth-order valence-corrected chi connectivity index (χ4v) is 3.58. The van der Waals surface area contributed by atoms with Crippen molar-refractivity contribution in [1.82, 2.24) is 10.2 Å². The molecule has 0 aromatic rings. The van der Waals surface area contributed by atoms with Crippen LogP contribution in [0.5, 0.6) is 0 Å². The van der Waals surface area contributed by atoms with E-state index >= 15 is 0 Å². The molecule has 2 heteroatoms. The van der Waals surface area contributed by atoms with Crippen molar-refractivity contribution in [2.45, 2.75) is 65.3 Å². The second-order valence-electron chi connectivity index (χ2n) is 7.42. The lowest BCUT2D eigenvalue weighted by Crippen LogP contribution is -2.42. The maximum atomic E-state index is 3.73. The van der Waals surface area contributed by atoms with Crippen LogP contribution >= 0.6 is 0 Å². The summed E-state index contributed by atoms with van der Waals surface area (Å²) in [6.07, 6.45) is 8.49. The molecular formula is C16H32N2. The Morgan fingerprint density at radius 1 is 1.00 bits per heavy atom. The van der Waals surface area contributed by atoms with E-state index in [2.05, 4.69) is 31.0 Å². The lowest BCUT2D eigenvalue weighted by molar-refractivity contribution is 0.112. The number of hydrogen-bond donors (Lipinski definition) is 1. The van der Waals surface area contributed by atoms with Gasteiger partial charge < -0.3 is 10.2 Å². The molecule has 1 saturated heterocycles. The van der Waals surface area contributed by atoms with Gasteiger partial charge >= 0.3 is 0 Å². The Morgan fingerprint density at radius 2 is 1.61 bits per heavy atom. The highest BCUT2D eigenvalue weighted by atomic mass is 15.1. The zero-order chi connectivity index (χ0) is 13.0. The van der Waals surface area contributed by atoms with Crippen LogP contribution in [0.25, 0.3) is 0 Å². The van der Waals surface area contributed by atoms with Crippen LogP contribution in [0.4, 0.5) is 0 Å². The topological polar surface area (TPSA) is 15.3 Å². The number of nitrogens with one attached hydrogen (secondary N) is 1. The molecule has 1 N–H and O–H groups in total. The zero-order valence-corrected chi connectivity index (χ0v) is 12.7. The molecule has 0 amide bonds. The molecular weight excluding hydrogens is 220 g/mol. The lowest BCUT2D eigenvalue weighted by atomic mass is 9.75. The first-order chi connectivity index (χ1) is 8.55. The molecule has 0 aromatic heterocycles. The monoisotopic (exact) mass is 252 g/mol. The number of rotatable bonds is 4. The molecule has 0 aromatic carbocycles. The van der Waals surface area contributed by atoms with Gasteiger partial charge in [-0.3, -0.25) is 0 Å². The fourth-order valence-electron chi connectivity index (χ4n) is 3.58. The van der Waals surface area contributed by atoms with Crippen LogP contribution in [0.15, 0.2) is 0 Å². The molecule has 2 fully saturated rings. The summed E-state index contributed by atoms with van der Waals surface area (Å²) in [6, 6.07) is 0.831. The van der Waals surface area contributed by atoms with Crippen molar-refractivity contribution in [3.8, 4) is 0 Å². The molecule has 1 aliphatic carbocycles. The predicted octanol–water partition coefficient (Wildman–Crippen LogP) is 3.28. The van der Waals surface area contributed by atoms with E-state index < -0.39 is 0 Å². The van der Waals surface area contributed by atoms with Crippen LogP contribution < -0.4 is 5.32 Å². The Bertz CT molecular complexity index is 230. The third-order valence-corrected chi connectivity index (χ3v) is 5.03. The average molecular weight is 252 g/mol. The molecule has 1 heterocycles. The van der Waals surface area contributed by atoms with Gasteiger partial charge in [-0.1, -0.05) is 33.6 Å². The van der Waals surface area contributed by atoms with Crippen molar-refractivity contribution in [3.05, 3.63) is 0 Å². The molecule has 1 aliphatic heterocycles. The molecule has 2 aliphatic rings. The Labute approximate surface area is 114 Å². The molecule has 0 radical (unpaired) electrons. The second-order valence-corrected chi connectivity index (χ2v) is 7.42. The van der Waals surface area contributed by atoms with Crippen molar-refractivity contribution < 1.29 is 0 Å². The van der Waals surface area contributed by atoms with Crippen LogP contribution in [0, 0.1) is 11.3 Å². The molecule has 106 valence electrons. The summed E-state index contributed by atoms with van der Waals surface area (Å²) in [5, 5.41) is 3.73. The summed E-state index contributed by atoms with van der Waals surface area (Å²) < 4.78 is 0. The van der Waals surface area contributed by atoms with Gasteiger partial charge in [0.25, 0.3) is 0 Å². The predicted molar refractivity (Wildman–Crippen MR) is 78.9 cm³/mol. The summed E-state index contributed by atoms with van der Waals surface area (Å²) >= 11 is 0. The van der Waals surface area contributed by atoms with E-state index in [1.807, 2.05) is 0 Å². The second kappa shape index (κ2) is 6.38. The Morgan fingerprint density at radius 3 is 2.17 bits per heavy atom. The van der Waals surface area contributed by atoms with Crippen LogP contribution in [-0.4, -0.2) is 37.1 Å². The fraction of sp³-hybridized carbons (Fsp3) is 1.00. The van der Waals surface area contributed by atoms with Crippen molar-refractivity contribution in [1.29, 1.82) is 0 Å². The van der Waals surface area contributed by atoms with E-state index in [0.29, 0.717) is 5.41 Å². The first kappa shape index (κ1) is 14.3. The minimum atomic E-state index is 0.508. The number of hydrogen-bond acceptors (Lipinski definition) is 2. The molecule has 0 unspecified atom stereocenters. The van der Waals surface area contributed by atoms with Crippen molar-refractivity contribution in [2.24, 2.45) is 11.3 Å². The molecule has 0 atom stereocenters. The number of piperidine rings is 1. The van der Waals surface area contributed by atoms with Gasteiger partial charge in [-0.15, -0.1) is 0 Å². The smallest absolute Gasteiger partial charge is 0.0107 e. The third kappa shape index (κ3) is 4.24. The van der Waals surface area contributed by atoms with E-state index in [4.69, 9.17) is 0 Å². The van der Waals surface area contributed by atoms with Crippen molar-refractivity contribution in [2.75, 3.05) is 26.2 Å². The highest BCUT2D eigenvalue weighted by Gasteiger charge is 2.28. The van der Waals surface area contributed by atoms with Crippen LogP contribution in [0.1, 0.15) is 59.3 Å². The standard InChI is InChI=1S/C16H32N2/c1-16(2,3)14-8-11-18(12-9-14)13-10-17-15-6-4-5-7-15/h14-15,17H,4-13H2,1-3H3. The molecule has 1 saturated carbocycles. The van der Waals surface area contributed by atoms with Gasteiger partial charge in [-0.25, -0.2) is 0 Å². The molecule has 2 nitrogen and oxygen atoms in total.